The van der Waals surface area contributed by atoms with Crippen LogP contribution in [0.3, 0.4) is 0 Å². The van der Waals surface area contributed by atoms with Crippen LogP contribution in [0.15, 0.2) is 48.5 Å². The van der Waals surface area contributed by atoms with Crippen molar-refractivity contribution in [3.8, 4) is 0 Å². The van der Waals surface area contributed by atoms with Gasteiger partial charge in [-0.3, -0.25) is 0 Å². The number of thiophene rings is 1. The minimum atomic E-state index is 0.581. The normalized spacial score (nSPS) is 15.7. The van der Waals surface area contributed by atoms with Gasteiger partial charge in [-0.15, -0.1) is 11.3 Å². The molecule has 2 heterocycles. The summed E-state index contributed by atoms with van der Waals surface area (Å²) in [6.07, 6.45) is 4.75. The van der Waals surface area contributed by atoms with E-state index in [9.17, 15) is 0 Å². The van der Waals surface area contributed by atoms with Gasteiger partial charge in [0.1, 0.15) is 24.0 Å². The highest BCUT2D eigenvalue weighted by atomic mass is 32.1. The maximum absolute atomic E-state index is 5.32. The SMILES string of the molecule is C=C1C=C(c2cccs2)OC=CO1. The second-order valence-electron chi connectivity index (χ2n) is 2.46. The quantitative estimate of drug-likeness (QED) is 0.680. The van der Waals surface area contributed by atoms with Crippen LogP contribution in [0, 0.1) is 0 Å². The fraction of sp³-hybridized carbons (Fsp3) is 0. The first kappa shape index (κ1) is 8.13. The Hall–Kier alpha value is -1.48. The summed E-state index contributed by atoms with van der Waals surface area (Å²) in [5, 5.41) is 2.00. The molecule has 0 bridgehead atoms. The molecule has 13 heavy (non-hydrogen) atoms. The first-order valence-corrected chi connectivity index (χ1v) is 4.67. The molecule has 0 saturated carbocycles. The summed E-state index contributed by atoms with van der Waals surface area (Å²) in [7, 11) is 0. The van der Waals surface area contributed by atoms with E-state index in [1.165, 1.54) is 12.5 Å². The van der Waals surface area contributed by atoms with Crippen molar-refractivity contribution < 1.29 is 9.47 Å². The molecule has 2 rings (SSSR count). The van der Waals surface area contributed by atoms with Crippen LogP contribution in [0.2, 0.25) is 0 Å². The summed E-state index contributed by atoms with van der Waals surface area (Å²) < 4.78 is 10.4. The van der Waals surface area contributed by atoms with E-state index in [-0.39, 0.29) is 0 Å². The smallest absolute Gasteiger partial charge is 0.147 e. The van der Waals surface area contributed by atoms with E-state index in [0.717, 1.165) is 10.6 Å². The Morgan fingerprint density at radius 3 is 2.85 bits per heavy atom. The van der Waals surface area contributed by atoms with Crippen LogP contribution in [0.25, 0.3) is 5.76 Å². The Morgan fingerprint density at radius 2 is 2.08 bits per heavy atom. The van der Waals surface area contributed by atoms with Gasteiger partial charge in [-0.25, -0.2) is 0 Å². The zero-order valence-electron chi connectivity index (χ0n) is 6.90. The third-order valence-electron chi connectivity index (χ3n) is 1.53. The number of ether oxygens (including phenoxy) is 2. The summed E-state index contributed by atoms with van der Waals surface area (Å²) in [5.41, 5.74) is 0. The van der Waals surface area contributed by atoms with Crippen LogP contribution < -0.4 is 0 Å². The lowest BCUT2D eigenvalue weighted by molar-refractivity contribution is 0.354. The molecular weight excluding hydrogens is 184 g/mol. The van der Waals surface area contributed by atoms with Crippen LogP contribution >= 0.6 is 11.3 Å². The number of rotatable bonds is 1. The van der Waals surface area contributed by atoms with Gasteiger partial charge in [0.05, 0.1) is 4.88 Å². The summed E-state index contributed by atoms with van der Waals surface area (Å²) in [4.78, 5) is 1.07. The van der Waals surface area contributed by atoms with E-state index in [1.807, 2.05) is 17.5 Å². The minimum Gasteiger partial charge on any atom is -0.462 e. The van der Waals surface area contributed by atoms with Crippen LogP contribution in [-0.4, -0.2) is 0 Å². The van der Waals surface area contributed by atoms with Gasteiger partial charge in [0.25, 0.3) is 0 Å². The molecule has 0 spiro atoms. The van der Waals surface area contributed by atoms with Crippen molar-refractivity contribution in [1.82, 2.24) is 0 Å². The zero-order chi connectivity index (χ0) is 9.10. The Labute approximate surface area is 80.4 Å². The third kappa shape index (κ3) is 1.81. The highest BCUT2D eigenvalue weighted by Crippen LogP contribution is 2.24. The van der Waals surface area contributed by atoms with Gasteiger partial charge in [-0.1, -0.05) is 12.6 Å². The van der Waals surface area contributed by atoms with E-state index >= 15 is 0 Å². The molecule has 0 saturated heterocycles. The molecule has 0 radical (unpaired) electrons. The van der Waals surface area contributed by atoms with Gasteiger partial charge in [0.2, 0.25) is 0 Å². The lowest BCUT2D eigenvalue weighted by Gasteiger charge is -2.00. The van der Waals surface area contributed by atoms with Gasteiger partial charge in [0.15, 0.2) is 0 Å². The summed E-state index contributed by atoms with van der Waals surface area (Å²) in [5.74, 6) is 1.35. The Kier molecular flexibility index (Phi) is 2.19. The van der Waals surface area contributed by atoms with Gasteiger partial charge >= 0.3 is 0 Å². The molecule has 0 fully saturated rings. The Morgan fingerprint density at radius 1 is 1.23 bits per heavy atom. The predicted octanol–water partition coefficient (Wildman–Crippen LogP) is 3.12. The molecular formula is C10H8O2S. The van der Waals surface area contributed by atoms with Gasteiger partial charge in [-0.2, -0.15) is 0 Å². The fourth-order valence-electron chi connectivity index (χ4n) is 0.978. The average Bonchev–Trinajstić information content (AvgIpc) is 2.56. The molecule has 1 aromatic heterocycles. The molecule has 0 N–H and O–H groups in total. The first-order valence-electron chi connectivity index (χ1n) is 3.79. The van der Waals surface area contributed by atoms with Crippen molar-refractivity contribution >= 4 is 17.1 Å². The van der Waals surface area contributed by atoms with Crippen molar-refractivity contribution in [2.45, 2.75) is 0 Å². The van der Waals surface area contributed by atoms with Crippen LogP contribution in [0.1, 0.15) is 4.88 Å². The average molecular weight is 192 g/mol. The molecule has 1 aliphatic heterocycles. The van der Waals surface area contributed by atoms with Crippen molar-refractivity contribution in [3.63, 3.8) is 0 Å². The number of hydrogen-bond acceptors (Lipinski definition) is 3. The van der Waals surface area contributed by atoms with E-state index in [1.54, 1.807) is 17.4 Å². The summed E-state index contributed by atoms with van der Waals surface area (Å²) in [6.45, 7) is 3.71. The van der Waals surface area contributed by atoms with Crippen LogP contribution in [-0.2, 0) is 9.47 Å². The summed E-state index contributed by atoms with van der Waals surface area (Å²) in [6, 6.07) is 3.96. The highest BCUT2D eigenvalue weighted by Gasteiger charge is 2.06. The molecule has 0 atom stereocenters. The molecule has 1 aromatic rings. The van der Waals surface area contributed by atoms with Crippen LogP contribution in [0.5, 0.6) is 0 Å². The standard InChI is InChI=1S/C10H8O2S/c1-8-7-9(12-5-4-11-8)10-3-2-6-13-10/h2-7H,1H2. The molecule has 3 heteroatoms. The van der Waals surface area contributed by atoms with Gasteiger partial charge in [-0.05, 0) is 11.4 Å². The molecule has 0 unspecified atom stereocenters. The minimum absolute atomic E-state index is 0.581. The van der Waals surface area contributed by atoms with E-state index < -0.39 is 0 Å². The van der Waals surface area contributed by atoms with Crippen molar-refractivity contribution in [2.75, 3.05) is 0 Å². The monoisotopic (exact) mass is 192 g/mol. The highest BCUT2D eigenvalue weighted by molar-refractivity contribution is 7.11. The lowest BCUT2D eigenvalue weighted by Crippen LogP contribution is -1.81. The van der Waals surface area contributed by atoms with Crippen LogP contribution in [0.4, 0.5) is 0 Å². The van der Waals surface area contributed by atoms with Crippen molar-refractivity contribution in [2.24, 2.45) is 0 Å². The predicted molar refractivity (Wildman–Crippen MR) is 52.7 cm³/mol. The summed E-state index contributed by atoms with van der Waals surface area (Å²) >= 11 is 1.62. The number of hydrogen-bond donors (Lipinski definition) is 0. The molecule has 2 nitrogen and oxygen atoms in total. The van der Waals surface area contributed by atoms with E-state index in [4.69, 9.17) is 9.47 Å². The van der Waals surface area contributed by atoms with E-state index in [0.29, 0.717) is 5.76 Å². The van der Waals surface area contributed by atoms with E-state index in [2.05, 4.69) is 6.58 Å². The zero-order valence-corrected chi connectivity index (χ0v) is 7.71. The van der Waals surface area contributed by atoms with Gasteiger partial charge in [0, 0.05) is 6.08 Å². The van der Waals surface area contributed by atoms with Gasteiger partial charge < -0.3 is 9.47 Å². The largest absolute Gasteiger partial charge is 0.462 e. The van der Waals surface area contributed by atoms with Crippen molar-refractivity contribution in [1.29, 1.82) is 0 Å². The fourth-order valence-corrected chi connectivity index (χ4v) is 1.66. The molecule has 0 aliphatic carbocycles. The number of allylic oxidation sites excluding steroid dienone is 1. The third-order valence-corrected chi connectivity index (χ3v) is 2.41. The maximum atomic E-state index is 5.32. The second-order valence-corrected chi connectivity index (χ2v) is 3.41. The Balaban J connectivity index is 2.32. The molecule has 66 valence electrons. The Bertz CT molecular complexity index is 360. The van der Waals surface area contributed by atoms with Crippen molar-refractivity contribution in [3.05, 3.63) is 53.3 Å². The topological polar surface area (TPSA) is 18.5 Å². The second kappa shape index (κ2) is 3.49. The first-order chi connectivity index (χ1) is 6.36. The lowest BCUT2D eigenvalue weighted by atomic mass is 10.3. The molecule has 0 amide bonds. The maximum Gasteiger partial charge on any atom is 0.147 e. The molecule has 0 aromatic carbocycles. The molecule has 1 aliphatic rings.